The number of hydrogen-bond donors (Lipinski definition) is 2. The molecule has 2 bridgehead atoms. The van der Waals surface area contributed by atoms with Gasteiger partial charge in [-0.2, -0.15) is 0 Å². The maximum Gasteiger partial charge on any atom is 0.319 e. The number of carbonyl (C=O) groups is 1. The van der Waals surface area contributed by atoms with Crippen LogP contribution in [0.3, 0.4) is 0 Å². The van der Waals surface area contributed by atoms with Crippen molar-refractivity contribution in [3.8, 4) is 0 Å². The van der Waals surface area contributed by atoms with Gasteiger partial charge in [0.05, 0.1) is 0 Å². The molecule has 0 aromatic heterocycles. The minimum absolute atomic E-state index is 0.0960. The fourth-order valence-electron chi connectivity index (χ4n) is 3.42. The van der Waals surface area contributed by atoms with Crippen LogP contribution in [0, 0.1) is 0 Å². The Balaban J connectivity index is 1.53. The average Bonchev–Trinajstić information content (AvgIpc) is 2.64. The summed E-state index contributed by atoms with van der Waals surface area (Å²) in [6, 6.07) is 9.12. The van der Waals surface area contributed by atoms with Crippen molar-refractivity contribution in [3.63, 3.8) is 0 Å². The van der Waals surface area contributed by atoms with Crippen molar-refractivity contribution >= 4 is 27.6 Å². The van der Waals surface area contributed by atoms with E-state index in [0.29, 0.717) is 18.1 Å². The maximum atomic E-state index is 12.0. The Bertz CT molecular complexity index is 476. The molecule has 108 valence electrons. The van der Waals surface area contributed by atoms with Gasteiger partial charge in [0.2, 0.25) is 0 Å². The number of nitrogens with one attached hydrogen (secondary N) is 2. The molecular formula is C15H20BrN3O. The highest BCUT2D eigenvalue weighted by Gasteiger charge is 2.38. The van der Waals surface area contributed by atoms with E-state index in [-0.39, 0.29) is 6.03 Å². The van der Waals surface area contributed by atoms with Gasteiger partial charge in [-0.1, -0.05) is 15.9 Å². The van der Waals surface area contributed by atoms with E-state index in [1.165, 1.54) is 12.8 Å². The minimum atomic E-state index is -0.0960. The Morgan fingerprint density at radius 1 is 1.20 bits per heavy atom. The molecule has 2 heterocycles. The molecule has 0 radical (unpaired) electrons. The number of amides is 2. The van der Waals surface area contributed by atoms with Gasteiger partial charge < -0.3 is 15.5 Å². The van der Waals surface area contributed by atoms with Gasteiger partial charge >= 0.3 is 6.03 Å². The number of rotatable bonds is 2. The van der Waals surface area contributed by atoms with E-state index >= 15 is 0 Å². The van der Waals surface area contributed by atoms with Crippen LogP contribution < -0.4 is 10.6 Å². The SMILES string of the molecule is CN1C2CCC1CC(NC(=O)Nc1ccc(Br)cc1)C2. The Morgan fingerprint density at radius 2 is 1.80 bits per heavy atom. The van der Waals surface area contributed by atoms with Gasteiger partial charge in [-0.15, -0.1) is 0 Å². The van der Waals surface area contributed by atoms with E-state index in [1.54, 1.807) is 0 Å². The van der Waals surface area contributed by atoms with Crippen LogP contribution in [0.4, 0.5) is 10.5 Å². The normalized spacial score (nSPS) is 29.2. The lowest BCUT2D eigenvalue weighted by Gasteiger charge is -2.36. The van der Waals surface area contributed by atoms with Gasteiger partial charge in [0, 0.05) is 28.3 Å². The lowest BCUT2D eigenvalue weighted by atomic mass is 9.98. The molecule has 0 aliphatic carbocycles. The highest BCUT2D eigenvalue weighted by molar-refractivity contribution is 9.10. The van der Waals surface area contributed by atoms with Crippen molar-refractivity contribution < 1.29 is 4.79 Å². The van der Waals surface area contributed by atoms with E-state index < -0.39 is 0 Å². The highest BCUT2D eigenvalue weighted by atomic mass is 79.9. The van der Waals surface area contributed by atoms with E-state index in [2.05, 4.69) is 38.5 Å². The molecule has 2 atom stereocenters. The maximum absolute atomic E-state index is 12.0. The first-order valence-electron chi connectivity index (χ1n) is 7.17. The number of piperidine rings is 1. The molecule has 2 aliphatic heterocycles. The molecule has 3 rings (SSSR count). The Hall–Kier alpha value is -1.07. The summed E-state index contributed by atoms with van der Waals surface area (Å²) in [6.07, 6.45) is 4.68. The molecule has 2 aliphatic rings. The minimum Gasteiger partial charge on any atom is -0.335 e. The Labute approximate surface area is 128 Å². The second kappa shape index (κ2) is 5.74. The number of carbonyl (C=O) groups excluding carboxylic acids is 1. The number of halogens is 1. The smallest absolute Gasteiger partial charge is 0.319 e. The van der Waals surface area contributed by atoms with Crippen LogP contribution in [-0.4, -0.2) is 36.1 Å². The predicted molar refractivity (Wildman–Crippen MR) is 83.9 cm³/mol. The third-order valence-electron chi connectivity index (χ3n) is 4.54. The van der Waals surface area contributed by atoms with Gasteiger partial charge in [-0.3, -0.25) is 0 Å². The number of benzene rings is 1. The molecule has 2 N–H and O–H groups in total. The van der Waals surface area contributed by atoms with Crippen molar-refractivity contribution in [2.45, 2.75) is 43.8 Å². The predicted octanol–water partition coefficient (Wildman–Crippen LogP) is 3.20. The molecule has 4 nitrogen and oxygen atoms in total. The molecule has 2 amide bonds. The van der Waals surface area contributed by atoms with Crippen molar-refractivity contribution in [3.05, 3.63) is 28.7 Å². The number of fused-ring (bicyclic) bond motifs is 2. The molecule has 1 aromatic rings. The summed E-state index contributed by atoms with van der Waals surface area (Å²) in [7, 11) is 2.21. The first-order chi connectivity index (χ1) is 9.61. The molecule has 0 saturated carbocycles. The van der Waals surface area contributed by atoms with Crippen LogP contribution >= 0.6 is 15.9 Å². The van der Waals surface area contributed by atoms with Gasteiger partial charge in [0.25, 0.3) is 0 Å². The Morgan fingerprint density at radius 3 is 2.40 bits per heavy atom. The Kier molecular flexibility index (Phi) is 3.98. The first kappa shape index (κ1) is 13.9. The van der Waals surface area contributed by atoms with Crippen molar-refractivity contribution in [2.75, 3.05) is 12.4 Å². The third-order valence-corrected chi connectivity index (χ3v) is 5.06. The summed E-state index contributed by atoms with van der Waals surface area (Å²) in [6.45, 7) is 0. The van der Waals surface area contributed by atoms with Crippen LogP contribution in [0.5, 0.6) is 0 Å². The van der Waals surface area contributed by atoms with Crippen LogP contribution in [0.1, 0.15) is 25.7 Å². The largest absolute Gasteiger partial charge is 0.335 e. The fraction of sp³-hybridized carbons (Fsp3) is 0.533. The second-order valence-electron chi connectivity index (χ2n) is 5.82. The summed E-state index contributed by atoms with van der Waals surface area (Å²) in [5.41, 5.74) is 0.821. The van der Waals surface area contributed by atoms with Gasteiger partial charge in [-0.05, 0) is 57.0 Å². The second-order valence-corrected chi connectivity index (χ2v) is 6.74. The van der Waals surface area contributed by atoms with Crippen LogP contribution in [0.15, 0.2) is 28.7 Å². The quantitative estimate of drug-likeness (QED) is 0.870. The van der Waals surface area contributed by atoms with Crippen molar-refractivity contribution in [1.29, 1.82) is 0 Å². The van der Waals surface area contributed by atoms with Crippen LogP contribution in [0.2, 0.25) is 0 Å². The zero-order valence-electron chi connectivity index (χ0n) is 11.6. The summed E-state index contributed by atoms with van der Waals surface area (Å²) in [5, 5.41) is 6.01. The monoisotopic (exact) mass is 337 g/mol. The standard InChI is InChI=1S/C15H20BrN3O/c1-19-13-6-7-14(19)9-12(8-13)18-15(20)17-11-4-2-10(16)3-5-11/h2-5,12-14H,6-9H2,1H3,(H2,17,18,20). The molecule has 2 unspecified atom stereocenters. The molecular weight excluding hydrogens is 318 g/mol. The zero-order chi connectivity index (χ0) is 14.1. The lowest BCUT2D eigenvalue weighted by molar-refractivity contribution is 0.151. The van der Waals surface area contributed by atoms with Gasteiger partial charge in [0.15, 0.2) is 0 Å². The average molecular weight is 338 g/mol. The van der Waals surface area contributed by atoms with E-state index in [4.69, 9.17) is 0 Å². The van der Waals surface area contributed by atoms with Gasteiger partial charge in [-0.25, -0.2) is 4.79 Å². The van der Waals surface area contributed by atoms with Gasteiger partial charge in [0.1, 0.15) is 0 Å². The number of hydrogen-bond acceptors (Lipinski definition) is 2. The highest BCUT2D eigenvalue weighted by Crippen LogP contribution is 2.34. The fourth-order valence-corrected chi connectivity index (χ4v) is 3.68. The molecule has 0 spiro atoms. The van der Waals surface area contributed by atoms with E-state index in [9.17, 15) is 4.79 Å². The van der Waals surface area contributed by atoms with Crippen LogP contribution in [0.25, 0.3) is 0 Å². The molecule has 2 fully saturated rings. The number of nitrogens with zero attached hydrogens (tertiary/aromatic N) is 1. The molecule has 2 saturated heterocycles. The van der Waals surface area contributed by atoms with Crippen LogP contribution in [-0.2, 0) is 0 Å². The van der Waals surface area contributed by atoms with Crippen molar-refractivity contribution in [1.82, 2.24) is 10.2 Å². The topological polar surface area (TPSA) is 44.4 Å². The summed E-state index contributed by atoms with van der Waals surface area (Å²) < 4.78 is 1.01. The summed E-state index contributed by atoms with van der Waals surface area (Å²) in [4.78, 5) is 14.5. The molecule has 20 heavy (non-hydrogen) atoms. The van der Waals surface area contributed by atoms with E-state index in [0.717, 1.165) is 23.0 Å². The zero-order valence-corrected chi connectivity index (χ0v) is 13.2. The van der Waals surface area contributed by atoms with Crippen molar-refractivity contribution in [2.24, 2.45) is 0 Å². The number of urea groups is 1. The summed E-state index contributed by atoms with van der Waals surface area (Å²) >= 11 is 3.38. The lowest BCUT2D eigenvalue weighted by Crippen LogP contribution is -2.49. The van der Waals surface area contributed by atoms with E-state index in [1.807, 2.05) is 24.3 Å². The molecule has 5 heteroatoms. The first-order valence-corrected chi connectivity index (χ1v) is 7.96. The number of anilines is 1. The molecule has 1 aromatic carbocycles. The third kappa shape index (κ3) is 2.99. The summed E-state index contributed by atoms with van der Waals surface area (Å²) in [5.74, 6) is 0.